The molecule has 0 saturated carbocycles. The SMILES string of the molecule is COc1ccc(C=NCCC(c2ccccc2)c2ccccc2)c(C)c1OC. The number of benzene rings is 3. The van der Waals surface area contributed by atoms with Gasteiger partial charge in [0.2, 0.25) is 0 Å². The van der Waals surface area contributed by atoms with E-state index < -0.39 is 0 Å². The van der Waals surface area contributed by atoms with Crippen molar-refractivity contribution in [1.82, 2.24) is 0 Å². The summed E-state index contributed by atoms with van der Waals surface area (Å²) >= 11 is 0. The van der Waals surface area contributed by atoms with E-state index in [0.29, 0.717) is 5.92 Å². The fourth-order valence-corrected chi connectivity index (χ4v) is 3.50. The fraction of sp³-hybridized carbons (Fsp3) is 0.240. The van der Waals surface area contributed by atoms with Crippen molar-refractivity contribution in [1.29, 1.82) is 0 Å². The Kier molecular flexibility index (Phi) is 6.85. The van der Waals surface area contributed by atoms with Crippen LogP contribution in [0.2, 0.25) is 0 Å². The van der Waals surface area contributed by atoms with Gasteiger partial charge in [-0.05, 0) is 42.2 Å². The average molecular weight is 373 g/mol. The van der Waals surface area contributed by atoms with Crippen LogP contribution < -0.4 is 9.47 Å². The molecule has 3 aromatic carbocycles. The number of methoxy groups -OCH3 is 2. The highest BCUT2D eigenvalue weighted by atomic mass is 16.5. The van der Waals surface area contributed by atoms with Gasteiger partial charge in [0, 0.05) is 24.2 Å². The first-order valence-electron chi connectivity index (χ1n) is 9.56. The zero-order valence-electron chi connectivity index (χ0n) is 16.8. The molecule has 0 aromatic heterocycles. The van der Waals surface area contributed by atoms with E-state index in [1.807, 2.05) is 25.3 Å². The lowest BCUT2D eigenvalue weighted by atomic mass is 9.89. The molecule has 0 fully saturated rings. The van der Waals surface area contributed by atoms with Gasteiger partial charge in [0.15, 0.2) is 11.5 Å². The summed E-state index contributed by atoms with van der Waals surface area (Å²) in [5.74, 6) is 1.84. The van der Waals surface area contributed by atoms with E-state index in [9.17, 15) is 0 Å². The molecule has 0 radical (unpaired) electrons. The molecule has 0 amide bonds. The maximum atomic E-state index is 5.48. The monoisotopic (exact) mass is 373 g/mol. The second-order valence-electron chi connectivity index (χ2n) is 6.71. The standard InChI is InChI=1S/C25H27NO2/c1-19-22(14-15-24(27-2)25(19)28-3)18-26-17-16-23(20-10-6-4-7-11-20)21-12-8-5-9-13-21/h4-15,18,23H,16-17H2,1-3H3. The Hall–Kier alpha value is -3.07. The van der Waals surface area contributed by atoms with Crippen molar-refractivity contribution in [3.8, 4) is 11.5 Å². The molecule has 3 heteroatoms. The van der Waals surface area contributed by atoms with E-state index in [1.54, 1.807) is 14.2 Å². The highest BCUT2D eigenvalue weighted by Gasteiger charge is 2.13. The summed E-state index contributed by atoms with van der Waals surface area (Å²) in [5.41, 5.74) is 4.74. The molecule has 144 valence electrons. The number of rotatable bonds is 8. The van der Waals surface area contributed by atoms with Gasteiger partial charge in [-0.2, -0.15) is 0 Å². The summed E-state index contributed by atoms with van der Waals surface area (Å²) in [6.07, 6.45) is 2.89. The van der Waals surface area contributed by atoms with E-state index in [0.717, 1.165) is 35.6 Å². The van der Waals surface area contributed by atoms with Crippen molar-refractivity contribution in [3.63, 3.8) is 0 Å². The Morgan fingerprint density at radius 3 is 1.96 bits per heavy atom. The predicted molar refractivity (Wildman–Crippen MR) is 116 cm³/mol. The van der Waals surface area contributed by atoms with E-state index >= 15 is 0 Å². The summed E-state index contributed by atoms with van der Waals surface area (Å²) in [6, 6.07) is 25.2. The van der Waals surface area contributed by atoms with Crippen molar-refractivity contribution in [3.05, 3.63) is 95.1 Å². The summed E-state index contributed by atoms with van der Waals surface area (Å²) in [4.78, 5) is 4.70. The lowest BCUT2D eigenvalue weighted by Gasteiger charge is -2.17. The number of hydrogen-bond donors (Lipinski definition) is 0. The van der Waals surface area contributed by atoms with Crippen molar-refractivity contribution < 1.29 is 9.47 Å². The highest BCUT2D eigenvalue weighted by molar-refractivity contribution is 5.83. The minimum atomic E-state index is 0.339. The maximum absolute atomic E-state index is 5.48. The molecule has 0 N–H and O–H groups in total. The number of nitrogens with zero attached hydrogens (tertiary/aromatic N) is 1. The smallest absolute Gasteiger partial charge is 0.164 e. The quantitative estimate of drug-likeness (QED) is 0.478. The molecule has 0 heterocycles. The van der Waals surface area contributed by atoms with Crippen molar-refractivity contribution in [2.45, 2.75) is 19.3 Å². The van der Waals surface area contributed by atoms with Crippen LogP contribution in [0.3, 0.4) is 0 Å². The molecule has 0 spiro atoms. The molecular weight excluding hydrogens is 346 g/mol. The topological polar surface area (TPSA) is 30.8 Å². The van der Waals surface area contributed by atoms with Gasteiger partial charge in [0.25, 0.3) is 0 Å². The summed E-state index contributed by atoms with van der Waals surface area (Å²) < 4.78 is 10.8. The molecule has 0 saturated heterocycles. The van der Waals surface area contributed by atoms with Crippen LogP contribution >= 0.6 is 0 Å². The van der Waals surface area contributed by atoms with Gasteiger partial charge in [-0.3, -0.25) is 4.99 Å². The zero-order valence-corrected chi connectivity index (χ0v) is 16.8. The Morgan fingerprint density at radius 2 is 1.43 bits per heavy atom. The van der Waals surface area contributed by atoms with Gasteiger partial charge in [-0.25, -0.2) is 0 Å². The molecule has 0 aliphatic carbocycles. The summed E-state index contributed by atoms with van der Waals surface area (Å²) in [7, 11) is 3.31. The van der Waals surface area contributed by atoms with Crippen LogP contribution in [0.4, 0.5) is 0 Å². The third-order valence-electron chi connectivity index (χ3n) is 5.02. The molecular formula is C25H27NO2. The first kappa shape index (κ1) is 19.7. The summed E-state index contributed by atoms with van der Waals surface area (Å²) in [5, 5.41) is 0. The Morgan fingerprint density at radius 1 is 0.821 bits per heavy atom. The van der Waals surface area contributed by atoms with Gasteiger partial charge < -0.3 is 9.47 Å². The third kappa shape index (κ3) is 4.61. The van der Waals surface area contributed by atoms with Crippen LogP contribution in [-0.4, -0.2) is 27.0 Å². The highest BCUT2D eigenvalue weighted by Crippen LogP contribution is 2.32. The van der Waals surface area contributed by atoms with Crippen molar-refractivity contribution in [2.75, 3.05) is 20.8 Å². The predicted octanol–water partition coefficient (Wildman–Crippen LogP) is 5.65. The molecule has 0 aliphatic rings. The molecule has 3 aromatic rings. The Bertz CT molecular complexity index is 865. The zero-order chi connectivity index (χ0) is 19.8. The maximum Gasteiger partial charge on any atom is 0.164 e. The van der Waals surface area contributed by atoms with Gasteiger partial charge in [0.1, 0.15) is 0 Å². The van der Waals surface area contributed by atoms with Crippen LogP contribution in [0.15, 0.2) is 77.8 Å². The van der Waals surface area contributed by atoms with Crippen LogP contribution in [0.25, 0.3) is 0 Å². The molecule has 28 heavy (non-hydrogen) atoms. The van der Waals surface area contributed by atoms with Gasteiger partial charge in [-0.15, -0.1) is 0 Å². The van der Waals surface area contributed by atoms with E-state index in [2.05, 4.69) is 60.7 Å². The molecule has 0 atom stereocenters. The van der Waals surface area contributed by atoms with Crippen LogP contribution in [0.1, 0.15) is 34.6 Å². The van der Waals surface area contributed by atoms with Crippen LogP contribution in [-0.2, 0) is 0 Å². The van der Waals surface area contributed by atoms with E-state index in [-0.39, 0.29) is 0 Å². The molecule has 0 unspecified atom stereocenters. The number of hydrogen-bond acceptors (Lipinski definition) is 3. The van der Waals surface area contributed by atoms with Gasteiger partial charge >= 0.3 is 0 Å². The Balaban J connectivity index is 1.75. The normalized spacial score (nSPS) is 11.1. The van der Waals surface area contributed by atoms with E-state index in [1.165, 1.54) is 11.1 Å². The van der Waals surface area contributed by atoms with Crippen LogP contribution in [0.5, 0.6) is 11.5 Å². The molecule has 3 nitrogen and oxygen atoms in total. The lowest BCUT2D eigenvalue weighted by molar-refractivity contribution is 0.353. The second kappa shape index (κ2) is 9.75. The van der Waals surface area contributed by atoms with Gasteiger partial charge in [0.05, 0.1) is 14.2 Å². The van der Waals surface area contributed by atoms with Crippen molar-refractivity contribution >= 4 is 6.21 Å². The number of aliphatic imine (C=N–C) groups is 1. The molecule has 3 rings (SSSR count). The minimum Gasteiger partial charge on any atom is -0.493 e. The second-order valence-corrected chi connectivity index (χ2v) is 6.71. The van der Waals surface area contributed by atoms with Crippen LogP contribution in [0, 0.1) is 6.92 Å². The summed E-state index contributed by atoms with van der Waals surface area (Å²) in [6.45, 7) is 2.78. The molecule has 0 bridgehead atoms. The van der Waals surface area contributed by atoms with Crippen molar-refractivity contribution in [2.24, 2.45) is 4.99 Å². The van der Waals surface area contributed by atoms with Gasteiger partial charge in [-0.1, -0.05) is 60.7 Å². The lowest BCUT2D eigenvalue weighted by Crippen LogP contribution is -2.03. The van der Waals surface area contributed by atoms with E-state index in [4.69, 9.17) is 14.5 Å². The first-order chi connectivity index (χ1) is 13.7. The fourth-order valence-electron chi connectivity index (χ4n) is 3.50. The third-order valence-corrected chi connectivity index (χ3v) is 5.02. The first-order valence-corrected chi connectivity index (χ1v) is 9.56. The Labute approximate surface area is 167 Å². The minimum absolute atomic E-state index is 0.339. The average Bonchev–Trinajstić information content (AvgIpc) is 2.75. The number of ether oxygens (including phenoxy) is 2. The largest absolute Gasteiger partial charge is 0.493 e. The molecule has 0 aliphatic heterocycles.